The first-order chi connectivity index (χ1) is 9.61. The van der Waals surface area contributed by atoms with Gasteiger partial charge in [-0.25, -0.2) is 0 Å². The van der Waals surface area contributed by atoms with Crippen LogP contribution in [-0.4, -0.2) is 29.6 Å². The molecule has 1 aliphatic carbocycles. The Kier molecular flexibility index (Phi) is 5.01. The van der Waals surface area contributed by atoms with Gasteiger partial charge in [0.2, 0.25) is 0 Å². The smallest absolute Gasteiger partial charge is 0.255 e. The molecule has 2 rings (SSSR count). The number of phenolic OH excluding ortho intramolecular Hbond substituents is 1. The lowest BCUT2D eigenvalue weighted by atomic mass is 9.91. The van der Waals surface area contributed by atoms with Crippen molar-refractivity contribution in [3.8, 4) is 5.75 Å². The summed E-state index contributed by atoms with van der Waals surface area (Å²) in [6.45, 7) is 4.92. The Balaban J connectivity index is 1.91. The number of nitrogens with one attached hydrogen (secondary N) is 2. The van der Waals surface area contributed by atoms with Crippen LogP contribution < -0.4 is 10.6 Å². The van der Waals surface area contributed by atoms with E-state index in [4.69, 9.17) is 0 Å². The maximum Gasteiger partial charge on any atom is 0.255 e. The monoisotopic (exact) mass is 276 g/mol. The second-order valence-electron chi connectivity index (χ2n) is 5.55. The van der Waals surface area contributed by atoms with Crippen molar-refractivity contribution in [2.24, 2.45) is 0 Å². The van der Waals surface area contributed by atoms with Gasteiger partial charge >= 0.3 is 0 Å². The van der Waals surface area contributed by atoms with Crippen molar-refractivity contribution < 1.29 is 9.90 Å². The average Bonchev–Trinajstić information content (AvgIpc) is 2.44. The van der Waals surface area contributed by atoms with Crippen molar-refractivity contribution in [1.82, 2.24) is 10.6 Å². The number of amides is 1. The molecular formula is C16H24N2O2. The molecule has 1 amide bonds. The molecule has 1 aromatic rings. The number of benzene rings is 1. The van der Waals surface area contributed by atoms with Gasteiger partial charge in [-0.15, -0.1) is 0 Å². The summed E-state index contributed by atoms with van der Waals surface area (Å²) in [5.41, 5.74) is 1.10. The number of phenols is 1. The molecular weight excluding hydrogens is 252 g/mol. The summed E-state index contributed by atoms with van der Waals surface area (Å²) in [6, 6.07) is 6.07. The van der Waals surface area contributed by atoms with Crippen molar-refractivity contribution in [1.29, 1.82) is 0 Å². The molecule has 0 unspecified atom stereocenters. The highest BCUT2D eigenvalue weighted by Crippen LogP contribution is 2.23. The molecule has 0 atom stereocenters. The van der Waals surface area contributed by atoms with Gasteiger partial charge in [-0.1, -0.05) is 19.1 Å². The summed E-state index contributed by atoms with van der Waals surface area (Å²) in [5, 5.41) is 16.4. The van der Waals surface area contributed by atoms with Crippen LogP contribution in [-0.2, 0) is 0 Å². The van der Waals surface area contributed by atoms with Crippen LogP contribution in [0.3, 0.4) is 0 Å². The zero-order chi connectivity index (χ0) is 14.5. The van der Waals surface area contributed by atoms with Crippen molar-refractivity contribution >= 4 is 5.91 Å². The van der Waals surface area contributed by atoms with Crippen LogP contribution in [0.15, 0.2) is 18.2 Å². The van der Waals surface area contributed by atoms with Crippen LogP contribution in [0.25, 0.3) is 0 Å². The number of hydrogen-bond donors (Lipinski definition) is 3. The van der Waals surface area contributed by atoms with Gasteiger partial charge in [0.1, 0.15) is 5.75 Å². The average molecular weight is 276 g/mol. The molecule has 0 aliphatic heterocycles. The van der Waals surface area contributed by atoms with E-state index < -0.39 is 0 Å². The first-order valence-electron chi connectivity index (χ1n) is 7.44. The Hall–Kier alpha value is -1.55. The minimum atomic E-state index is -0.168. The molecule has 0 aromatic heterocycles. The van der Waals surface area contributed by atoms with Crippen molar-refractivity contribution in [3.05, 3.63) is 29.3 Å². The molecule has 1 fully saturated rings. The third-order valence-corrected chi connectivity index (χ3v) is 4.04. The molecule has 4 heteroatoms. The summed E-state index contributed by atoms with van der Waals surface area (Å²) in [4.78, 5) is 12.2. The molecule has 110 valence electrons. The van der Waals surface area contributed by atoms with E-state index in [0.717, 1.165) is 37.8 Å². The lowest BCUT2D eigenvalue weighted by molar-refractivity contribution is 0.0921. The molecule has 0 heterocycles. The second-order valence-corrected chi connectivity index (χ2v) is 5.55. The zero-order valence-corrected chi connectivity index (χ0v) is 12.3. The molecule has 0 bridgehead atoms. The summed E-state index contributed by atoms with van der Waals surface area (Å²) < 4.78 is 0. The fourth-order valence-electron chi connectivity index (χ4n) is 2.84. The Bertz CT molecular complexity index is 466. The maximum absolute atomic E-state index is 12.2. The van der Waals surface area contributed by atoms with Gasteiger partial charge in [-0.2, -0.15) is 0 Å². The van der Waals surface area contributed by atoms with E-state index in [2.05, 4.69) is 17.6 Å². The summed E-state index contributed by atoms with van der Waals surface area (Å²) in [6.07, 6.45) is 4.18. The van der Waals surface area contributed by atoms with E-state index in [1.54, 1.807) is 25.1 Å². The fraction of sp³-hybridized carbons (Fsp3) is 0.562. The predicted octanol–water partition coefficient (Wildman–Crippen LogP) is 2.35. The topological polar surface area (TPSA) is 61.4 Å². The molecule has 0 spiro atoms. The van der Waals surface area contributed by atoms with Crippen molar-refractivity contribution in [2.45, 2.75) is 51.6 Å². The van der Waals surface area contributed by atoms with Gasteiger partial charge in [0.05, 0.1) is 5.56 Å². The number of hydrogen-bond acceptors (Lipinski definition) is 3. The molecule has 3 N–H and O–H groups in total. The molecule has 1 aliphatic rings. The van der Waals surface area contributed by atoms with Crippen LogP contribution in [0, 0.1) is 6.92 Å². The Morgan fingerprint density at radius 1 is 1.25 bits per heavy atom. The lowest BCUT2D eigenvalue weighted by Crippen LogP contribution is -2.42. The predicted molar refractivity (Wildman–Crippen MR) is 80.0 cm³/mol. The number of aromatic hydroxyl groups is 1. The van der Waals surface area contributed by atoms with Crippen LogP contribution >= 0.6 is 0 Å². The normalized spacial score (nSPS) is 22.5. The number of rotatable bonds is 4. The summed E-state index contributed by atoms with van der Waals surface area (Å²) >= 11 is 0. The number of aryl methyl sites for hydroxylation is 1. The second kappa shape index (κ2) is 6.75. The highest BCUT2D eigenvalue weighted by Gasteiger charge is 2.23. The number of carbonyl (C=O) groups is 1. The van der Waals surface area contributed by atoms with Crippen molar-refractivity contribution in [3.63, 3.8) is 0 Å². The van der Waals surface area contributed by atoms with Gasteiger partial charge < -0.3 is 15.7 Å². The lowest BCUT2D eigenvalue weighted by Gasteiger charge is -2.29. The minimum Gasteiger partial charge on any atom is -0.507 e. The van der Waals surface area contributed by atoms with Gasteiger partial charge in [0.15, 0.2) is 0 Å². The quantitative estimate of drug-likeness (QED) is 0.791. The largest absolute Gasteiger partial charge is 0.507 e. The highest BCUT2D eigenvalue weighted by molar-refractivity contribution is 5.97. The number of para-hydroxylation sites is 1. The van der Waals surface area contributed by atoms with E-state index in [1.807, 2.05) is 0 Å². The molecule has 0 saturated heterocycles. The Morgan fingerprint density at radius 2 is 1.90 bits per heavy atom. The van der Waals surface area contributed by atoms with E-state index in [-0.39, 0.29) is 17.7 Å². The third kappa shape index (κ3) is 3.51. The summed E-state index contributed by atoms with van der Waals surface area (Å²) in [7, 11) is 0. The number of carbonyl (C=O) groups excluding carboxylic acids is 1. The van der Waals surface area contributed by atoms with Crippen molar-refractivity contribution in [2.75, 3.05) is 6.54 Å². The Morgan fingerprint density at radius 3 is 2.55 bits per heavy atom. The van der Waals surface area contributed by atoms with Gasteiger partial charge in [0, 0.05) is 12.1 Å². The minimum absolute atomic E-state index is 0.0892. The van der Waals surface area contributed by atoms with Gasteiger partial charge in [0.25, 0.3) is 5.91 Å². The molecule has 1 saturated carbocycles. The van der Waals surface area contributed by atoms with Crippen LogP contribution in [0.4, 0.5) is 0 Å². The fourth-order valence-corrected chi connectivity index (χ4v) is 2.84. The van der Waals surface area contributed by atoms with Crippen LogP contribution in [0.1, 0.15) is 48.5 Å². The molecule has 0 radical (unpaired) electrons. The van der Waals surface area contributed by atoms with E-state index in [1.165, 1.54) is 0 Å². The SMILES string of the molecule is CCNC1CCC(NC(=O)c2cccc(C)c2O)CC1. The molecule has 20 heavy (non-hydrogen) atoms. The Labute approximate surface area is 120 Å². The van der Waals surface area contributed by atoms with E-state index in [9.17, 15) is 9.90 Å². The van der Waals surface area contributed by atoms with Crippen LogP contribution in [0.5, 0.6) is 5.75 Å². The third-order valence-electron chi connectivity index (χ3n) is 4.04. The summed E-state index contributed by atoms with van der Waals surface area (Å²) in [5.74, 6) is -0.0792. The highest BCUT2D eigenvalue weighted by atomic mass is 16.3. The first kappa shape index (κ1) is 14.9. The first-order valence-corrected chi connectivity index (χ1v) is 7.44. The van der Waals surface area contributed by atoms with Gasteiger partial charge in [-0.3, -0.25) is 4.79 Å². The maximum atomic E-state index is 12.2. The molecule has 1 aromatic carbocycles. The van der Waals surface area contributed by atoms with Crippen LogP contribution in [0.2, 0.25) is 0 Å². The van der Waals surface area contributed by atoms with E-state index >= 15 is 0 Å². The standard InChI is InChI=1S/C16H24N2O2/c1-3-17-12-7-9-13(10-8-12)18-16(20)14-6-4-5-11(2)15(14)19/h4-6,12-13,17,19H,3,7-10H2,1-2H3,(H,18,20). The van der Waals surface area contributed by atoms with Gasteiger partial charge in [-0.05, 0) is 50.8 Å². The zero-order valence-electron chi connectivity index (χ0n) is 12.3. The van der Waals surface area contributed by atoms with E-state index in [0.29, 0.717) is 11.6 Å². The molecule has 4 nitrogen and oxygen atoms in total.